The summed E-state index contributed by atoms with van der Waals surface area (Å²) in [5.74, 6) is -0.883. The molecule has 1 heterocycles. The van der Waals surface area contributed by atoms with E-state index >= 15 is 0 Å². The van der Waals surface area contributed by atoms with Gasteiger partial charge in [-0.2, -0.15) is 0 Å². The van der Waals surface area contributed by atoms with Crippen molar-refractivity contribution in [3.05, 3.63) is 35.5 Å². The predicted octanol–water partition coefficient (Wildman–Crippen LogP) is 3.41. The quantitative estimate of drug-likeness (QED) is 0.895. The molecule has 3 nitrogen and oxygen atoms in total. The van der Waals surface area contributed by atoms with Crippen LogP contribution in [0.15, 0.2) is 24.3 Å². The van der Waals surface area contributed by atoms with E-state index in [-0.39, 0.29) is 5.92 Å². The summed E-state index contributed by atoms with van der Waals surface area (Å²) in [5, 5.41) is 10.5. The summed E-state index contributed by atoms with van der Waals surface area (Å²) in [4.78, 5) is 11.2. The topological polar surface area (TPSA) is 42.2 Å². The third-order valence-electron chi connectivity index (χ3n) is 4.17. The molecule has 0 spiro atoms. The van der Waals surface area contributed by atoms with Gasteiger partial charge in [0.2, 0.25) is 0 Å². The highest BCUT2D eigenvalue weighted by atomic mass is 16.4. The Morgan fingerprint density at radius 1 is 1.37 bits per heavy atom. The minimum absolute atomic E-state index is 0.223. The second-order valence-corrected chi connectivity index (χ2v) is 5.68. The number of rotatable bonds is 2. The number of nitrogens with zero attached hydrogens (tertiary/aromatic N) is 1. The Morgan fingerprint density at radius 2 is 2.11 bits per heavy atom. The van der Waals surface area contributed by atoms with Crippen LogP contribution in [0.4, 0.5) is 0 Å². The van der Waals surface area contributed by atoms with E-state index in [1.807, 2.05) is 6.07 Å². The largest absolute Gasteiger partial charge is 0.481 e. The Labute approximate surface area is 112 Å². The van der Waals surface area contributed by atoms with E-state index < -0.39 is 5.97 Å². The van der Waals surface area contributed by atoms with Crippen LogP contribution in [0.5, 0.6) is 0 Å². The van der Waals surface area contributed by atoms with Crippen LogP contribution in [0.1, 0.15) is 37.6 Å². The van der Waals surface area contributed by atoms with E-state index in [1.54, 1.807) is 0 Å². The zero-order valence-electron chi connectivity index (χ0n) is 11.4. The lowest BCUT2D eigenvalue weighted by molar-refractivity contribution is -0.142. The van der Waals surface area contributed by atoms with Gasteiger partial charge in [-0.1, -0.05) is 18.2 Å². The predicted molar refractivity (Wildman–Crippen MR) is 75.5 cm³/mol. The highest BCUT2D eigenvalue weighted by molar-refractivity contribution is 5.87. The average molecular weight is 257 g/mol. The summed E-state index contributed by atoms with van der Waals surface area (Å²) in [7, 11) is 0. The molecule has 0 saturated carbocycles. The SMILES string of the molecule is CC(C)n1c2c(c3ccccc31)CC(C(=O)O)CC2. The summed E-state index contributed by atoms with van der Waals surface area (Å²) < 4.78 is 2.38. The Hall–Kier alpha value is -1.77. The van der Waals surface area contributed by atoms with Crippen molar-refractivity contribution in [2.24, 2.45) is 5.92 Å². The van der Waals surface area contributed by atoms with Gasteiger partial charge in [-0.05, 0) is 44.7 Å². The van der Waals surface area contributed by atoms with Crippen molar-refractivity contribution in [2.75, 3.05) is 0 Å². The zero-order valence-corrected chi connectivity index (χ0v) is 11.4. The van der Waals surface area contributed by atoms with Crippen molar-refractivity contribution in [2.45, 2.75) is 39.2 Å². The van der Waals surface area contributed by atoms with E-state index in [4.69, 9.17) is 0 Å². The Morgan fingerprint density at radius 3 is 2.79 bits per heavy atom. The van der Waals surface area contributed by atoms with Crippen molar-refractivity contribution in [3.8, 4) is 0 Å². The van der Waals surface area contributed by atoms with E-state index in [0.29, 0.717) is 12.5 Å². The molecule has 1 aliphatic rings. The molecule has 3 rings (SSSR count). The van der Waals surface area contributed by atoms with Gasteiger partial charge in [0.05, 0.1) is 5.92 Å². The van der Waals surface area contributed by atoms with Crippen LogP contribution in [-0.2, 0) is 17.6 Å². The molecular formula is C16H19NO2. The van der Waals surface area contributed by atoms with Gasteiger partial charge in [0.15, 0.2) is 0 Å². The van der Waals surface area contributed by atoms with Crippen LogP contribution >= 0.6 is 0 Å². The van der Waals surface area contributed by atoms with E-state index in [9.17, 15) is 9.90 Å². The van der Waals surface area contributed by atoms with Crippen LogP contribution in [0.2, 0.25) is 0 Å². The monoisotopic (exact) mass is 257 g/mol. The first-order valence-electron chi connectivity index (χ1n) is 6.93. The van der Waals surface area contributed by atoms with Gasteiger partial charge in [0.25, 0.3) is 0 Å². The van der Waals surface area contributed by atoms with Gasteiger partial charge in [0, 0.05) is 22.6 Å². The van der Waals surface area contributed by atoms with Crippen LogP contribution < -0.4 is 0 Å². The molecule has 3 heteroatoms. The molecule has 0 bridgehead atoms. The molecule has 0 amide bonds. The number of hydrogen-bond acceptors (Lipinski definition) is 1. The molecule has 100 valence electrons. The summed E-state index contributed by atoms with van der Waals surface area (Å²) in [6.07, 6.45) is 2.30. The van der Waals surface area contributed by atoms with Gasteiger partial charge in [-0.25, -0.2) is 0 Å². The third-order valence-corrected chi connectivity index (χ3v) is 4.17. The summed E-state index contributed by atoms with van der Waals surface area (Å²) in [6.45, 7) is 4.38. The number of aliphatic carboxylic acids is 1. The Balaban J connectivity index is 2.22. The second-order valence-electron chi connectivity index (χ2n) is 5.68. The molecule has 1 aromatic heterocycles. The van der Waals surface area contributed by atoms with Crippen molar-refractivity contribution in [3.63, 3.8) is 0 Å². The second kappa shape index (κ2) is 4.41. The van der Waals surface area contributed by atoms with Crippen molar-refractivity contribution in [1.82, 2.24) is 4.57 Å². The fourth-order valence-electron chi connectivity index (χ4n) is 3.34. The van der Waals surface area contributed by atoms with Crippen LogP contribution in [-0.4, -0.2) is 15.6 Å². The van der Waals surface area contributed by atoms with Gasteiger partial charge in [0.1, 0.15) is 0 Å². The molecule has 0 saturated heterocycles. The first-order valence-corrected chi connectivity index (χ1v) is 6.93. The van der Waals surface area contributed by atoms with Gasteiger partial charge >= 0.3 is 5.97 Å². The molecule has 1 aliphatic carbocycles. The number of carboxylic acid groups (broad SMARTS) is 1. The first kappa shape index (κ1) is 12.3. The number of carboxylic acids is 1. The Kier molecular flexibility index (Phi) is 2.85. The fourth-order valence-corrected chi connectivity index (χ4v) is 3.34. The molecule has 0 fully saturated rings. The first-order chi connectivity index (χ1) is 9.09. The molecule has 1 unspecified atom stereocenters. The fraction of sp³-hybridized carbons (Fsp3) is 0.438. The number of para-hydroxylation sites is 1. The number of hydrogen-bond donors (Lipinski definition) is 1. The summed E-state index contributed by atoms with van der Waals surface area (Å²) >= 11 is 0. The molecule has 19 heavy (non-hydrogen) atoms. The van der Waals surface area contributed by atoms with Crippen LogP contribution in [0.25, 0.3) is 10.9 Å². The standard InChI is InChI=1S/C16H19NO2/c1-10(2)17-14-6-4-3-5-12(14)13-9-11(16(18)19)7-8-15(13)17/h3-6,10-11H,7-9H2,1-2H3,(H,18,19). The van der Waals surface area contributed by atoms with Crippen molar-refractivity contribution in [1.29, 1.82) is 0 Å². The lowest BCUT2D eigenvalue weighted by Gasteiger charge is -2.22. The Bertz CT molecular complexity index is 639. The minimum Gasteiger partial charge on any atom is -0.481 e. The molecule has 0 radical (unpaired) electrons. The molecule has 0 aliphatic heterocycles. The average Bonchev–Trinajstić information content (AvgIpc) is 2.72. The van der Waals surface area contributed by atoms with Crippen LogP contribution in [0, 0.1) is 5.92 Å². The van der Waals surface area contributed by atoms with Crippen molar-refractivity contribution >= 4 is 16.9 Å². The number of carbonyl (C=O) groups is 1. The maximum atomic E-state index is 11.2. The molecule has 2 aromatic rings. The van der Waals surface area contributed by atoms with E-state index in [2.05, 4.69) is 36.6 Å². The van der Waals surface area contributed by atoms with E-state index in [1.165, 1.54) is 22.2 Å². The molecule has 1 N–H and O–H groups in total. The maximum absolute atomic E-state index is 11.2. The molecule has 1 aromatic carbocycles. The normalized spacial score (nSPS) is 18.8. The lowest BCUT2D eigenvalue weighted by atomic mass is 9.86. The van der Waals surface area contributed by atoms with Crippen LogP contribution in [0.3, 0.4) is 0 Å². The summed E-state index contributed by atoms with van der Waals surface area (Å²) in [6, 6.07) is 8.77. The minimum atomic E-state index is -0.660. The zero-order chi connectivity index (χ0) is 13.6. The van der Waals surface area contributed by atoms with Gasteiger partial charge < -0.3 is 9.67 Å². The summed E-state index contributed by atoms with van der Waals surface area (Å²) in [5.41, 5.74) is 3.84. The van der Waals surface area contributed by atoms with Crippen molar-refractivity contribution < 1.29 is 9.90 Å². The van der Waals surface area contributed by atoms with E-state index in [0.717, 1.165) is 12.8 Å². The highest BCUT2D eigenvalue weighted by Gasteiger charge is 2.29. The maximum Gasteiger partial charge on any atom is 0.306 e. The number of fused-ring (bicyclic) bond motifs is 3. The highest BCUT2D eigenvalue weighted by Crippen LogP contribution is 2.36. The van der Waals surface area contributed by atoms with Gasteiger partial charge in [-0.15, -0.1) is 0 Å². The molecule has 1 atom stereocenters. The number of aromatic nitrogens is 1. The lowest BCUT2D eigenvalue weighted by Crippen LogP contribution is -2.23. The molecular weight excluding hydrogens is 238 g/mol. The smallest absolute Gasteiger partial charge is 0.306 e. The van der Waals surface area contributed by atoms with Gasteiger partial charge in [-0.3, -0.25) is 4.79 Å². The third kappa shape index (κ3) is 1.84. The number of benzene rings is 1.